The third-order valence-electron chi connectivity index (χ3n) is 3.62. The van der Waals surface area contributed by atoms with Crippen LogP contribution in [-0.2, 0) is 9.47 Å². The van der Waals surface area contributed by atoms with Crippen LogP contribution in [0.4, 0.5) is 5.82 Å². The van der Waals surface area contributed by atoms with Gasteiger partial charge in [-0.25, -0.2) is 4.98 Å². The van der Waals surface area contributed by atoms with Gasteiger partial charge in [0, 0.05) is 26.3 Å². The monoisotopic (exact) mass is 291 g/mol. The molecule has 0 aromatic carbocycles. The van der Waals surface area contributed by atoms with E-state index in [4.69, 9.17) is 9.47 Å². The van der Waals surface area contributed by atoms with Crippen LogP contribution in [0.5, 0.6) is 0 Å². The number of anilines is 1. The molecule has 0 radical (unpaired) electrons. The van der Waals surface area contributed by atoms with Gasteiger partial charge in [-0.15, -0.1) is 10.2 Å². The zero-order chi connectivity index (χ0) is 15.0. The molecule has 1 aliphatic rings. The van der Waals surface area contributed by atoms with Gasteiger partial charge in [-0.2, -0.15) is 0 Å². The second-order valence-corrected chi connectivity index (χ2v) is 6.06. The van der Waals surface area contributed by atoms with E-state index < -0.39 is 0 Å². The molecule has 1 atom stereocenters. The summed E-state index contributed by atoms with van der Waals surface area (Å²) in [5.41, 5.74) is 0.571. The summed E-state index contributed by atoms with van der Waals surface area (Å²) in [6.45, 7) is 8.25. The summed E-state index contributed by atoms with van der Waals surface area (Å²) in [5, 5.41) is 8.05. The molecule has 3 heterocycles. The van der Waals surface area contributed by atoms with Gasteiger partial charge in [0.15, 0.2) is 5.65 Å². The highest BCUT2D eigenvalue weighted by Crippen LogP contribution is 2.25. The largest absolute Gasteiger partial charge is 0.382 e. The third kappa shape index (κ3) is 2.84. The van der Waals surface area contributed by atoms with Crippen molar-refractivity contribution in [1.29, 1.82) is 0 Å². The van der Waals surface area contributed by atoms with E-state index in [1.165, 1.54) is 0 Å². The lowest BCUT2D eigenvalue weighted by atomic mass is 10.1. The minimum absolute atomic E-state index is 0.0370. The molecule has 0 saturated carbocycles. The molecule has 2 aromatic heterocycles. The lowest BCUT2D eigenvalue weighted by Gasteiger charge is -2.43. The molecule has 3 rings (SSSR count). The number of aromatic nitrogens is 4. The number of morpholine rings is 1. The molecule has 7 nitrogen and oxygen atoms in total. The number of rotatable bonds is 3. The van der Waals surface area contributed by atoms with E-state index in [0.29, 0.717) is 6.61 Å². The number of hydrogen-bond donors (Lipinski definition) is 0. The van der Waals surface area contributed by atoms with E-state index in [2.05, 4.69) is 33.9 Å². The van der Waals surface area contributed by atoms with Gasteiger partial charge in [0.25, 0.3) is 0 Å². The first-order chi connectivity index (χ1) is 9.98. The van der Waals surface area contributed by atoms with Crippen molar-refractivity contribution in [2.75, 3.05) is 31.7 Å². The summed E-state index contributed by atoms with van der Waals surface area (Å²) < 4.78 is 13.2. The fourth-order valence-corrected chi connectivity index (χ4v) is 2.86. The quantitative estimate of drug-likeness (QED) is 0.842. The Hall–Kier alpha value is -1.73. The molecule has 1 saturated heterocycles. The van der Waals surface area contributed by atoms with Gasteiger partial charge >= 0.3 is 0 Å². The standard InChI is InChI=1S/C14H21N5O2/c1-10-16-12(5-13-17-15-9-19(10)13)18-6-11(7-20-4)21-14(2,3)8-18/h5,9,11H,6-8H2,1-4H3/t11-/m1/s1. The van der Waals surface area contributed by atoms with Crippen LogP contribution in [-0.4, -0.2) is 58.1 Å². The van der Waals surface area contributed by atoms with Gasteiger partial charge in [-0.05, 0) is 20.8 Å². The van der Waals surface area contributed by atoms with Crippen LogP contribution < -0.4 is 4.90 Å². The minimum Gasteiger partial charge on any atom is -0.382 e. The van der Waals surface area contributed by atoms with E-state index in [1.807, 2.05) is 17.4 Å². The lowest BCUT2D eigenvalue weighted by Crippen LogP contribution is -2.54. The van der Waals surface area contributed by atoms with Crippen LogP contribution in [0, 0.1) is 6.92 Å². The second-order valence-electron chi connectivity index (χ2n) is 6.06. The second kappa shape index (κ2) is 5.23. The summed E-state index contributed by atoms with van der Waals surface area (Å²) >= 11 is 0. The Labute approximate surface area is 123 Å². The highest BCUT2D eigenvalue weighted by molar-refractivity contribution is 5.52. The van der Waals surface area contributed by atoms with Crippen molar-refractivity contribution in [1.82, 2.24) is 19.6 Å². The maximum atomic E-state index is 6.04. The molecule has 0 aliphatic carbocycles. The number of ether oxygens (including phenoxy) is 2. The summed E-state index contributed by atoms with van der Waals surface area (Å²) in [5.74, 6) is 1.78. The molecule has 21 heavy (non-hydrogen) atoms. The van der Waals surface area contributed by atoms with Gasteiger partial charge in [-0.3, -0.25) is 4.40 Å². The molecule has 0 unspecified atom stereocenters. The van der Waals surface area contributed by atoms with E-state index in [1.54, 1.807) is 13.4 Å². The third-order valence-corrected chi connectivity index (χ3v) is 3.62. The highest BCUT2D eigenvalue weighted by atomic mass is 16.5. The number of fused-ring (bicyclic) bond motifs is 1. The van der Waals surface area contributed by atoms with Crippen LogP contribution in [0.1, 0.15) is 19.7 Å². The summed E-state index contributed by atoms with van der Waals surface area (Å²) in [7, 11) is 1.69. The Morgan fingerprint density at radius 3 is 3.05 bits per heavy atom. The van der Waals surface area contributed by atoms with E-state index in [0.717, 1.165) is 30.4 Å². The average Bonchev–Trinajstić information content (AvgIpc) is 2.86. The lowest BCUT2D eigenvalue weighted by molar-refractivity contribution is -0.106. The summed E-state index contributed by atoms with van der Waals surface area (Å²) in [6.07, 6.45) is 1.72. The highest BCUT2D eigenvalue weighted by Gasteiger charge is 2.34. The fourth-order valence-electron chi connectivity index (χ4n) is 2.86. The zero-order valence-electron chi connectivity index (χ0n) is 12.9. The van der Waals surface area contributed by atoms with Crippen molar-refractivity contribution in [3.8, 4) is 0 Å². The molecule has 2 aromatic rings. The smallest absolute Gasteiger partial charge is 0.165 e. The van der Waals surface area contributed by atoms with Gasteiger partial charge in [-0.1, -0.05) is 0 Å². The Kier molecular flexibility index (Phi) is 3.54. The van der Waals surface area contributed by atoms with E-state index >= 15 is 0 Å². The van der Waals surface area contributed by atoms with Crippen molar-refractivity contribution in [2.45, 2.75) is 32.5 Å². The van der Waals surface area contributed by atoms with Crippen molar-refractivity contribution in [3.05, 3.63) is 18.2 Å². The Bertz CT molecular complexity index is 639. The maximum Gasteiger partial charge on any atom is 0.165 e. The van der Waals surface area contributed by atoms with Crippen LogP contribution in [0.3, 0.4) is 0 Å². The van der Waals surface area contributed by atoms with Crippen LogP contribution >= 0.6 is 0 Å². The summed E-state index contributed by atoms with van der Waals surface area (Å²) in [4.78, 5) is 6.90. The molecule has 0 bridgehead atoms. The van der Waals surface area contributed by atoms with E-state index in [-0.39, 0.29) is 11.7 Å². The van der Waals surface area contributed by atoms with Gasteiger partial charge in [0.1, 0.15) is 18.0 Å². The normalized spacial score (nSPS) is 21.9. The number of nitrogens with zero attached hydrogens (tertiary/aromatic N) is 5. The predicted molar refractivity (Wildman–Crippen MR) is 78.6 cm³/mol. The number of aryl methyl sites for hydroxylation is 1. The first-order valence-electron chi connectivity index (χ1n) is 7.07. The van der Waals surface area contributed by atoms with Gasteiger partial charge in [0.2, 0.25) is 0 Å². The Morgan fingerprint density at radius 2 is 2.29 bits per heavy atom. The summed E-state index contributed by atoms with van der Waals surface area (Å²) in [6, 6.07) is 1.96. The van der Waals surface area contributed by atoms with Crippen molar-refractivity contribution in [3.63, 3.8) is 0 Å². The van der Waals surface area contributed by atoms with Gasteiger partial charge < -0.3 is 14.4 Å². The average molecular weight is 291 g/mol. The van der Waals surface area contributed by atoms with Gasteiger partial charge in [0.05, 0.1) is 18.3 Å². The van der Waals surface area contributed by atoms with Crippen LogP contribution in [0.15, 0.2) is 12.4 Å². The topological polar surface area (TPSA) is 64.8 Å². The SMILES string of the molecule is COC[C@H]1CN(c2cc3nncn3c(C)n2)CC(C)(C)O1. The Morgan fingerprint density at radius 1 is 1.48 bits per heavy atom. The maximum absolute atomic E-state index is 6.04. The van der Waals surface area contributed by atoms with Crippen molar-refractivity contribution >= 4 is 11.5 Å². The molecule has 0 N–H and O–H groups in total. The molecule has 0 amide bonds. The van der Waals surface area contributed by atoms with Crippen molar-refractivity contribution in [2.24, 2.45) is 0 Å². The molecule has 0 spiro atoms. The molecular formula is C14H21N5O2. The zero-order valence-corrected chi connectivity index (χ0v) is 12.9. The van der Waals surface area contributed by atoms with Crippen molar-refractivity contribution < 1.29 is 9.47 Å². The predicted octanol–water partition coefficient (Wildman–Crippen LogP) is 1.06. The number of methoxy groups -OCH3 is 1. The molecule has 1 aliphatic heterocycles. The molecule has 7 heteroatoms. The molecular weight excluding hydrogens is 270 g/mol. The number of hydrogen-bond acceptors (Lipinski definition) is 6. The molecule has 1 fully saturated rings. The van der Waals surface area contributed by atoms with Crippen LogP contribution in [0.25, 0.3) is 5.65 Å². The first-order valence-corrected chi connectivity index (χ1v) is 7.07. The first kappa shape index (κ1) is 14.2. The Balaban J connectivity index is 1.92. The fraction of sp³-hybridized carbons (Fsp3) is 0.643. The van der Waals surface area contributed by atoms with Crippen LogP contribution in [0.2, 0.25) is 0 Å². The minimum atomic E-state index is -0.239. The molecule has 114 valence electrons. The van der Waals surface area contributed by atoms with E-state index in [9.17, 15) is 0 Å².